The van der Waals surface area contributed by atoms with E-state index in [-0.39, 0.29) is 5.56 Å². The van der Waals surface area contributed by atoms with Gasteiger partial charge in [-0.15, -0.1) is 0 Å². The minimum atomic E-state index is -0.0356. The van der Waals surface area contributed by atoms with Crippen LogP contribution < -0.4 is 11.3 Å². The quantitative estimate of drug-likeness (QED) is 0.830. The lowest BCUT2D eigenvalue weighted by Gasteiger charge is -2.10. The Morgan fingerprint density at radius 1 is 1.38 bits per heavy atom. The van der Waals surface area contributed by atoms with E-state index in [1.165, 1.54) is 0 Å². The Balaban J connectivity index is 3.07. The molecule has 0 amide bonds. The van der Waals surface area contributed by atoms with Crippen molar-refractivity contribution in [3.63, 3.8) is 0 Å². The molecule has 0 aliphatic rings. The molecule has 92 valence electrons. The van der Waals surface area contributed by atoms with E-state index in [9.17, 15) is 4.79 Å². The molecule has 0 atom stereocenters. The Morgan fingerprint density at radius 2 is 2.00 bits per heavy atom. The van der Waals surface area contributed by atoms with Crippen LogP contribution in [0.3, 0.4) is 0 Å². The van der Waals surface area contributed by atoms with Gasteiger partial charge in [0, 0.05) is 13.6 Å². The van der Waals surface area contributed by atoms with Crippen LogP contribution in [-0.4, -0.2) is 9.36 Å². The van der Waals surface area contributed by atoms with Crippen LogP contribution in [-0.2, 0) is 20.0 Å². The molecule has 0 saturated carbocycles. The molecule has 0 unspecified atom stereocenters. The van der Waals surface area contributed by atoms with E-state index in [4.69, 9.17) is 5.73 Å². The standard InChI is InChI=1S/C12H23N3O/c1-5-6-7-15-12(16)11(13)10(14(15)4)8-9(2)3/h9H,5-8,13H2,1-4H3. The van der Waals surface area contributed by atoms with Crippen molar-refractivity contribution in [1.82, 2.24) is 9.36 Å². The number of anilines is 1. The number of rotatable bonds is 5. The monoisotopic (exact) mass is 225 g/mol. The first-order valence-corrected chi connectivity index (χ1v) is 6.03. The number of hydrogen-bond acceptors (Lipinski definition) is 2. The fourth-order valence-electron chi connectivity index (χ4n) is 1.91. The smallest absolute Gasteiger partial charge is 0.290 e. The molecule has 0 aromatic carbocycles. The van der Waals surface area contributed by atoms with Crippen molar-refractivity contribution in [2.24, 2.45) is 13.0 Å². The molecular weight excluding hydrogens is 202 g/mol. The van der Waals surface area contributed by atoms with Gasteiger partial charge in [0.15, 0.2) is 0 Å². The van der Waals surface area contributed by atoms with Crippen molar-refractivity contribution in [2.45, 2.75) is 46.6 Å². The van der Waals surface area contributed by atoms with Gasteiger partial charge in [0.2, 0.25) is 0 Å². The van der Waals surface area contributed by atoms with Crippen molar-refractivity contribution in [3.05, 3.63) is 16.0 Å². The van der Waals surface area contributed by atoms with Crippen molar-refractivity contribution in [3.8, 4) is 0 Å². The first kappa shape index (κ1) is 12.9. The van der Waals surface area contributed by atoms with Crippen LogP contribution in [0.15, 0.2) is 4.79 Å². The summed E-state index contributed by atoms with van der Waals surface area (Å²) in [5, 5.41) is 0. The molecule has 1 aromatic rings. The lowest BCUT2D eigenvalue weighted by molar-refractivity contribution is 0.455. The Labute approximate surface area is 97.0 Å². The molecule has 1 heterocycles. The number of nitrogens with two attached hydrogens (primary N) is 1. The van der Waals surface area contributed by atoms with E-state index in [1.54, 1.807) is 4.68 Å². The fraction of sp³-hybridized carbons (Fsp3) is 0.750. The van der Waals surface area contributed by atoms with Crippen molar-refractivity contribution in [2.75, 3.05) is 5.73 Å². The number of unbranched alkanes of at least 4 members (excludes halogenated alkanes) is 1. The number of hydrogen-bond donors (Lipinski definition) is 1. The van der Waals surface area contributed by atoms with Crippen LogP contribution >= 0.6 is 0 Å². The first-order valence-electron chi connectivity index (χ1n) is 6.03. The molecular formula is C12H23N3O. The van der Waals surface area contributed by atoms with Crippen LogP contribution in [0.25, 0.3) is 0 Å². The Kier molecular flexibility index (Phi) is 4.21. The maximum absolute atomic E-state index is 11.9. The summed E-state index contributed by atoms with van der Waals surface area (Å²) in [5.41, 5.74) is 7.23. The summed E-state index contributed by atoms with van der Waals surface area (Å²) < 4.78 is 3.67. The Morgan fingerprint density at radius 3 is 2.50 bits per heavy atom. The Bertz CT molecular complexity index is 401. The predicted molar refractivity (Wildman–Crippen MR) is 67.5 cm³/mol. The third-order valence-corrected chi connectivity index (χ3v) is 2.85. The molecule has 0 spiro atoms. The minimum Gasteiger partial charge on any atom is -0.393 e. The highest BCUT2D eigenvalue weighted by molar-refractivity contribution is 5.41. The lowest BCUT2D eigenvalue weighted by Crippen LogP contribution is -2.22. The van der Waals surface area contributed by atoms with Gasteiger partial charge in [-0.05, 0) is 18.8 Å². The zero-order chi connectivity index (χ0) is 12.3. The van der Waals surface area contributed by atoms with Gasteiger partial charge in [-0.2, -0.15) is 0 Å². The van der Waals surface area contributed by atoms with Crippen LogP contribution in [0.2, 0.25) is 0 Å². The summed E-state index contributed by atoms with van der Waals surface area (Å²) in [7, 11) is 1.92. The van der Waals surface area contributed by atoms with E-state index in [0.29, 0.717) is 11.6 Å². The minimum absolute atomic E-state index is 0.0356. The molecule has 0 aliphatic carbocycles. The maximum Gasteiger partial charge on any atom is 0.290 e. The molecule has 0 saturated heterocycles. The summed E-state index contributed by atoms with van der Waals surface area (Å²) in [6.45, 7) is 7.14. The SMILES string of the molecule is CCCCn1c(=O)c(N)c(CC(C)C)n1C. The molecule has 1 aromatic heterocycles. The number of nitrogens with zero attached hydrogens (tertiary/aromatic N) is 2. The van der Waals surface area contributed by atoms with Gasteiger partial charge in [0.05, 0.1) is 5.69 Å². The second kappa shape index (κ2) is 5.23. The van der Waals surface area contributed by atoms with E-state index < -0.39 is 0 Å². The normalized spacial score (nSPS) is 11.3. The average molecular weight is 225 g/mol. The summed E-state index contributed by atoms with van der Waals surface area (Å²) in [5.74, 6) is 0.509. The number of nitrogen functional groups attached to an aromatic ring is 1. The van der Waals surface area contributed by atoms with E-state index in [1.807, 2.05) is 11.7 Å². The topological polar surface area (TPSA) is 52.9 Å². The Hall–Kier alpha value is -1.19. The second-order valence-corrected chi connectivity index (χ2v) is 4.76. The lowest BCUT2D eigenvalue weighted by atomic mass is 10.1. The van der Waals surface area contributed by atoms with E-state index in [2.05, 4.69) is 20.8 Å². The summed E-state index contributed by atoms with van der Waals surface area (Å²) in [4.78, 5) is 11.9. The van der Waals surface area contributed by atoms with Crippen LogP contribution in [0.4, 0.5) is 5.69 Å². The molecule has 4 heteroatoms. The largest absolute Gasteiger partial charge is 0.393 e. The van der Waals surface area contributed by atoms with Crippen molar-refractivity contribution < 1.29 is 0 Å². The van der Waals surface area contributed by atoms with Gasteiger partial charge in [-0.1, -0.05) is 27.2 Å². The van der Waals surface area contributed by atoms with Crippen LogP contribution in [0, 0.1) is 5.92 Å². The highest BCUT2D eigenvalue weighted by atomic mass is 16.1. The maximum atomic E-state index is 11.9. The summed E-state index contributed by atoms with van der Waals surface area (Å²) in [6, 6.07) is 0. The highest BCUT2D eigenvalue weighted by Crippen LogP contribution is 2.13. The third-order valence-electron chi connectivity index (χ3n) is 2.85. The first-order chi connectivity index (χ1) is 7.49. The second-order valence-electron chi connectivity index (χ2n) is 4.76. The third kappa shape index (κ3) is 2.49. The summed E-state index contributed by atoms with van der Waals surface area (Å²) >= 11 is 0. The molecule has 0 fully saturated rings. The molecule has 0 radical (unpaired) electrons. The van der Waals surface area contributed by atoms with Gasteiger partial charge in [0.1, 0.15) is 5.69 Å². The van der Waals surface area contributed by atoms with E-state index in [0.717, 1.165) is 31.5 Å². The predicted octanol–water partition coefficient (Wildman–Crippen LogP) is 1.77. The van der Waals surface area contributed by atoms with Crippen molar-refractivity contribution >= 4 is 5.69 Å². The van der Waals surface area contributed by atoms with Gasteiger partial charge >= 0.3 is 0 Å². The van der Waals surface area contributed by atoms with Crippen molar-refractivity contribution in [1.29, 1.82) is 0 Å². The van der Waals surface area contributed by atoms with Gasteiger partial charge in [0.25, 0.3) is 5.56 Å². The zero-order valence-electron chi connectivity index (χ0n) is 10.8. The van der Waals surface area contributed by atoms with Gasteiger partial charge in [-0.3, -0.25) is 9.48 Å². The molecule has 16 heavy (non-hydrogen) atoms. The van der Waals surface area contributed by atoms with Crippen LogP contribution in [0.1, 0.15) is 39.3 Å². The van der Waals surface area contributed by atoms with Gasteiger partial charge in [-0.25, -0.2) is 4.68 Å². The zero-order valence-corrected chi connectivity index (χ0v) is 10.8. The molecule has 0 aliphatic heterocycles. The van der Waals surface area contributed by atoms with E-state index >= 15 is 0 Å². The van der Waals surface area contributed by atoms with Gasteiger partial charge < -0.3 is 5.73 Å². The average Bonchev–Trinajstić information content (AvgIpc) is 2.41. The summed E-state index contributed by atoms with van der Waals surface area (Å²) in [6.07, 6.45) is 2.95. The molecule has 4 nitrogen and oxygen atoms in total. The molecule has 0 bridgehead atoms. The molecule has 1 rings (SSSR count). The number of aromatic nitrogens is 2. The molecule has 2 N–H and O–H groups in total. The fourth-order valence-corrected chi connectivity index (χ4v) is 1.91. The highest BCUT2D eigenvalue weighted by Gasteiger charge is 2.15. The van der Waals surface area contributed by atoms with Crippen LogP contribution in [0.5, 0.6) is 0 Å².